The Morgan fingerprint density at radius 2 is 1.62 bits per heavy atom. The first-order valence-electron chi connectivity index (χ1n) is 8.01. The molecule has 5 nitrogen and oxygen atoms in total. The lowest BCUT2D eigenvalue weighted by molar-refractivity contribution is -0.132. The molecule has 1 fully saturated rings. The fourth-order valence-corrected chi connectivity index (χ4v) is 2.20. The number of hydrogen-bond acceptors (Lipinski definition) is 2. The van der Waals surface area contributed by atoms with E-state index >= 15 is 0 Å². The maximum atomic E-state index is 12.3. The Balaban J connectivity index is 2.44. The molecular formula is C16H31N3O2. The molecule has 1 rings (SSSR count). The minimum absolute atomic E-state index is 0.00251. The molecule has 5 heteroatoms. The Morgan fingerprint density at radius 1 is 1.10 bits per heavy atom. The summed E-state index contributed by atoms with van der Waals surface area (Å²) in [5.41, 5.74) is -0.355. The third-order valence-electron chi connectivity index (χ3n) is 4.56. The first-order chi connectivity index (χ1) is 9.64. The predicted octanol–water partition coefficient (Wildman–Crippen LogP) is 2.37. The van der Waals surface area contributed by atoms with Crippen LogP contribution in [0.4, 0.5) is 4.79 Å². The van der Waals surface area contributed by atoms with Crippen LogP contribution in [-0.2, 0) is 4.79 Å². The van der Waals surface area contributed by atoms with Crippen molar-refractivity contribution in [1.29, 1.82) is 0 Å². The van der Waals surface area contributed by atoms with Gasteiger partial charge in [-0.15, -0.1) is 0 Å². The molecular weight excluding hydrogens is 266 g/mol. The molecule has 1 saturated heterocycles. The van der Waals surface area contributed by atoms with Crippen LogP contribution >= 0.6 is 0 Å². The number of amides is 3. The summed E-state index contributed by atoms with van der Waals surface area (Å²) in [4.78, 5) is 26.1. The minimum Gasteiger partial charge on any atom is -0.353 e. The Morgan fingerprint density at radius 3 is 2.05 bits per heavy atom. The third-order valence-corrected chi connectivity index (χ3v) is 4.56. The fourth-order valence-electron chi connectivity index (χ4n) is 2.20. The van der Waals surface area contributed by atoms with Gasteiger partial charge in [0.15, 0.2) is 0 Å². The molecule has 0 radical (unpaired) electrons. The summed E-state index contributed by atoms with van der Waals surface area (Å²) in [5.74, 6) is 0.414. The number of carbonyl (C=O) groups excluding carboxylic acids is 2. The van der Waals surface area contributed by atoms with E-state index in [9.17, 15) is 9.59 Å². The van der Waals surface area contributed by atoms with Crippen molar-refractivity contribution in [3.8, 4) is 0 Å². The highest BCUT2D eigenvalue weighted by Crippen LogP contribution is 2.26. The zero-order valence-corrected chi connectivity index (χ0v) is 14.3. The average molecular weight is 297 g/mol. The molecule has 1 aliphatic rings. The number of nitrogens with one attached hydrogen (secondary N) is 2. The second-order valence-electron chi connectivity index (χ2n) is 7.22. The zero-order chi connectivity index (χ0) is 16.2. The van der Waals surface area contributed by atoms with E-state index in [1.165, 1.54) is 0 Å². The summed E-state index contributed by atoms with van der Waals surface area (Å²) in [5, 5.41) is 6.05. The first-order valence-corrected chi connectivity index (χ1v) is 8.01. The highest BCUT2D eigenvalue weighted by atomic mass is 16.2. The van der Waals surface area contributed by atoms with E-state index in [1.54, 1.807) is 0 Å². The van der Waals surface area contributed by atoms with Crippen molar-refractivity contribution in [2.45, 2.75) is 66.5 Å². The highest BCUT2D eigenvalue weighted by Gasteiger charge is 2.33. The van der Waals surface area contributed by atoms with E-state index in [0.717, 1.165) is 12.8 Å². The van der Waals surface area contributed by atoms with Crippen LogP contribution in [0.15, 0.2) is 0 Å². The van der Waals surface area contributed by atoms with Crippen molar-refractivity contribution in [3.63, 3.8) is 0 Å². The Hall–Kier alpha value is -1.26. The van der Waals surface area contributed by atoms with Crippen LogP contribution in [0.2, 0.25) is 0 Å². The van der Waals surface area contributed by atoms with Gasteiger partial charge in [0.2, 0.25) is 5.91 Å². The topological polar surface area (TPSA) is 61.4 Å². The summed E-state index contributed by atoms with van der Waals surface area (Å²) >= 11 is 0. The lowest BCUT2D eigenvalue weighted by atomic mass is 9.80. The van der Waals surface area contributed by atoms with Crippen LogP contribution in [0, 0.1) is 11.3 Å². The second-order valence-corrected chi connectivity index (χ2v) is 7.22. The molecule has 0 aromatic heterocycles. The standard InChI is InChI=1S/C16H31N3O2/c1-11(2)16(5,6)14(20)18-13-7-9-19(10-8-13)15(21)17-12(3)4/h11-13H,7-10H2,1-6H3,(H,17,21)(H,18,20). The van der Waals surface area contributed by atoms with Gasteiger partial charge in [-0.3, -0.25) is 4.79 Å². The molecule has 3 amide bonds. The Labute approximate surface area is 128 Å². The van der Waals surface area contributed by atoms with Gasteiger partial charge in [-0.2, -0.15) is 0 Å². The van der Waals surface area contributed by atoms with Gasteiger partial charge < -0.3 is 15.5 Å². The van der Waals surface area contributed by atoms with E-state index < -0.39 is 0 Å². The molecule has 0 aromatic rings. The van der Waals surface area contributed by atoms with Crippen molar-refractivity contribution >= 4 is 11.9 Å². The van der Waals surface area contributed by atoms with Crippen LogP contribution < -0.4 is 10.6 Å². The van der Waals surface area contributed by atoms with Gasteiger partial charge in [0.25, 0.3) is 0 Å². The first kappa shape index (κ1) is 17.8. The van der Waals surface area contributed by atoms with Gasteiger partial charge in [-0.05, 0) is 32.6 Å². The quantitative estimate of drug-likeness (QED) is 0.837. The number of carbonyl (C=O) groups is 2. The maximum absolute atomic E-state index is 12.3. The summed E-state index contributed by atoms with van der Waals surface area (Å²) in [6.07, 6.45) is 1.65. The summed E-state index contributed by atoms with van der Waals surface area (Å²) in [6, 6.07) is 0.331. The molecule has 1 heterocycles. The molecule has 0 unspecified atom stereocenters. The molecule has 0 saturated carbocycles. The summed E-state index contributed by atoms with van der Waals surface area (Å²) < 4.78 is 0. The van der Waals surface area contributed by atoms with Gasteiger partial charge in [-0.25, -0.2) is 4.79 Å². The van der Waals surface area contributed by atoms with Crippen LogP contribution in [0.25, 0.3) is 0 Å². The number of nitrogens with zero attached hydrogens (tertiary/aromatic N) is 1. The van der Waals surface area contributed by atoms with Gasteiger partial charge in [-0.1, -0.05) is 27.7 Å². The SMILES string of the molecule is CC(C)NC(=O)N1CCC(NC(=O)C(C)(C)C(C)C)CC1. The van der Waals surface area contributed by atoms with Gasteiger partial charge in [0.1, 0.15) is 0 Å². The van der Waals surface area contributed by atoms with E-state index in [1.807, 2.05) is 32.6 Å². The molecule has 0 aliphatic carbocycles. The molecule has 21 heavy (non-hydrogen) atoms. The van der Waals surface area contributed by atoms with Crippen molar-refractivity contribution in [3.05, 3.63) is 0 Å². The third kappa shape index (κ3) is 4.90. The van der Waals surface area contributed by atoms with Crippen molar-refractivity contribution in [1.82, 2.24) is 15.5 Å². The summed E-state index contributed by atoms with van der Waals surface area (Å²) in [6.45, 7) is 13.4. The lowest BCUT2D eigenvalue weighted by Crippen LogP contribution is -2.52. The van der Waals surface area contributed by atoms with Crippen molar-refractivity contribution in [2.24, 2.45) is 11.3 Å². The van der Waals surface area contributed by atoms with Crippen molar-refractivity contribution in [2.75, 3.05) is 13.1 Å². The van der Waals surface area contributed by atoms with Gasteiger partial charge in [0, 0.05) is 30.6 Å². The monoisotopic (exact) mass is 297 g/mol. The number of likely N-dealkylation sites (tertiary alicyclic amines) is 1. The number of rotatable bonds is 4. The van der Waals surface area contributed by atoms with E-state index in [-0.39, 0.29) is 29.4 Å². The zero-order valence-electron chi connectivity index (χ0n) is 14.3. The number of hydrogen-bond donors (Lipinski definition) is 2. The molecule has 0 bridgehead atoms. The Bertz CT molecular complexity index is 370. The summed E-state index contributed by atoms with van der Waals surface area (Å²) in [7, 11) is 0. The molecule has 1 aliphatic heterocycles. The molecule has 0 atom stereocenters. The van der Waals surface area contributed by atoms with Gasteiger partial charge >= 0.3 is 6.03 Å². The number of urea groups is 1. The van der Waals surface area contributed by atoms with E-state index in [4.69, 9.17) is 0 Å². The van der Waals surface area contributed by atoms with E-state index in [2.05, 4.69) is 24.5 Å². The number of piperidine rings is 1. The lowest BCUT2D eigenvalue weighted by Gasteiger charge is -2.35. The average Bonchev–Trinajstić information content (AvgIpc) is 2.38. The van der Waals surface area contributed by atoms with Crippen molar-refractivity contribution < 1.29 is 9.59 Å². The predicted molar refractivity (Wildman–Crippen MR) is 85.0 cm³/mol. The van der Waals surface area contributed by atoms with Crippen LogP contribution in [0.1, 0.15) is 54.4 Å². The fraction of sp³-hybridized carbons (Fsp3) is 0.875. The highest BCUT2D eigenvalue weighted by molar-refractivity contribution is 5.82. The molecule has 0 spiro atoms. The maximum Gasteiger partial charge on any atom is 0.317 e. The smallest absolute Gasteiger partial charge is 0.317 e. The normalized spacial score (nSPS) is 17.2. The molecule has 2 N–H and O–H groups in total. The van der Waals surface area contributed by atoms with Crippen LogP contribution in [-0.4, -0.2) is 42.0 Å². The minimum atomic E-state index is -0.355. The largest absolute Gasteiger partial charge is 0.353 e. The van der Waals surface area contributed by atoms with Crippen LogP contribution in [0.3, 0.4) is 0 Å². The second kappa shape index (κ2) is 7.14. The molecule has 122 valence electrons. The van der Waals surface area contributed by atoms with E-state index in [0.29, 0.717) is 19.0 Å². The van der Waals surface area contributed by atoms with Gasteiger partial charge in [0.05, 0.1) is 0 Å². The Kier molecular flexibility index (Phi) is 6.05. The van der Waals surface area contributed by atoms with Crippen LogP contribution in [0.5, 0.6) is 0 Å². The molecule has 0 aromatic carbocycles.